The van der Waals surface area contributed by atoms with Gasteiger partial charge in [-0.3, -0.25) is 0 Å². The van der Waals surface area contributed by atoms with Crippen LogP contribution < -0.4 is 5.32 Å². The largest absolute Gasteiger partial charge is 0.306 e. The van der Waals surface area contributed by atoms with Crippen molar-refractivity contribution in [1.82, 2.24) is 5.32 Å². The van der Waals surface area contributed by atoms with Crippen LogP contribution in [0.5, 0.6) is 0 Å². The molecule has 21 heavy (non-hydrogen) atoms. The fourth-order valence-electron chi connectivity index (χ4n) is 2.11. The number of halogens is 4. The zero-order valence-corrected chi connectivity index (χ0v) is 14.6. The summed E-state index contributed by atoms with van der Waals surface area (Å²) < 4.78 is 14.9. The first-order valence-electron chi connectivity index (χ1n) is 6.66. The van der Waals surface area contributed by atoms with Crippen molar-refractivity contribution in [3.63, 3.8) is 0 Å². The molecular formula is C16H15BrCl2FN. The summed E-state index contributed by atoms with van der Waals surface area (Å²) in [4.78, 5) is 0. The van der Waals surface area contributed by atoms with E-state index in [4.69, 9.17) is 23.2 Å². The fraction of sp³-hybridized carbons (Fsp3) is 0.250. The van der Waals surface area contributed by atoms with E-state index >= 15 is 0 Å². The molecule has 0 amide bonds. The Balaban J connectivity index is 2.45. The van der Waals surface area contributed by atoms with Crippen LogP contribution in [0.15, 0.2) is 40.9 Å². The normalized spacial score (nSPS) is 12.4. The third kappa shape index (κ3) is 4.19. The van der Waals surface area contributed by atoms with Gasteiger partial charge in [-0.1, -0.05) is 42.3 Å². The highest BCUT2D eigenvalue weighted by Crippen LogP contribution is 2.32. The topological polar surface area (TPSA) is 12.0 Å². The molecule has 0 aliphatic carbocycles. The van der Waals surface area contributed by atoms with Gasteiger partial charge < -0.3 is 5.32 Å². The van der Waals surface area contributed by atoms with Crippen LogP contribution in [0.1, 0.15) is 30.5 Å². The lowest BCUT2D eigenvalue weighted by Crippen LogP contribution is -2.24. The molecule has 0 saturated heterocycles. The van der Waals surface area contributed by atoms with Crippen LogP contribution in [-0.2, 0) is 0 Å². The maximum absolute atomic E-state index is 14.3. The van der Waals surface area contributed by atoms with Gasteiger partial charge in [0.05, 0.1) is 11.1 Å². The van der Waals surface area contributed by atoms with Crippen LogP contribution in [0.25, 0.3) is 0 Å². The summed E-state index contributed by atoms with van der Waals surface area (Å²) in [6.45, 7) is 2.84. The molecule has 1 atom stereocenters. The molecule has 0 heterocycles. The predicted molar refractivity (Wildman–Crippen MR) is 90.7 cm³/mol. The maximum Gasteiger partial charge on any atom is 0.129 e. The Morgan fingerprint density at radius 2 is 1.86 bits per heavy atom. The minimum atomic E-state index is -0.296. The zero-order valence-electron chi connectivity index (χ0n) is 11.5. The Labute approximate surface area is 142 Å². The number of nitrogens with one attached hydrogen (secondary N) is 1. The third-order valence-electron chi connectivity index (χ3n) is 3.15. The Morgan fingerprint density at radius 3 is 2.48 bits per heavy atom. The zero-order chi connectivity index (χ0) is 15.4. The van der Waals surface area contributed by atoms with E-state index in [1.54, 1.807) is 18.2 Å². The molecule has 2 aromatic rings. The maximum atomic E-state index is 14.3. The molecule has 1 unspecified atom stereocenters. The second-order valence-electron chi connectivity index (χ2n) is 4.73. The highest BCUT2D eigenvalue weighted by molar-refractivity contribution is 9.10. The molecule has 5 heteroatoms. The van der Waals surface area contributed by atoms with Crippen LogP contribution in [0.3, 0.4) is 0 Å². The second-order valence-corrected chi connectivity index (χ2v) is 6.42. The van der Waals surface area contributed by atoms with Crippen molar-refractivity contribution >= 4 is 39.1 Å². The van der Waals surface area contributed by atoms with Crippen LogP contribution >= 0.6 is 39.1 Å². The minimum Gasteiger partial charge on any atom is -0.306 e. The van der Waals surface area contributed by atoms with Gasteiger partial charge in [-0.2, -0.15) is 0 Å². The van der Waals surface area contributed by atoms with Crippen molar-refractivity contribution in [3.05, 3.63) is 67.9 Å². The van der Waals surface area contributed by atoms with E-state index in [1.807, 2.05) is 12.1 Å². The van der Waals surface area contributed by atoms with Crippen molar-refractivity contribution in [1.29, 1.82) is 0 Å². The summed E-state index contributed by atoms with van der Waals surface area (Å²) in [5.74, 6) is -0.296. The Bertz CT molecular complexity index is 616. The summed E-state index contributed by atoms with van der Waals surface area (Å²) in [7, 11) is 0. The fourth-order valence-corrected chi connectivity index (χ4v) is 2.72. The minimum absolute atomic E-state index is 0.257. The number of hydrogen-bond acceptors (Lipinski definition) is 1. The average Bonchev–Trinajstić information content (AvgIpc) is 2.46. The lowest BCUT2D eigenvalue weighted by molar-refractivity contribution is 0.546. The molecule has 0 radical (unpaired) electrons. The van der Waals surface area contributed by atoms with Crippen molar-refractivity contribution < 1.29 is 4.39 Å². The quantitative estimate of drug-likeness (QED) is 0.618. The predicted octanol–water partition coefficient (Wildman–Crippen LogP) is 5.98. The molecule has 0 aliphatic heterocycles. The molecule has 2 aromatic carbocycles. The van der Waals surface area contributed by atoms with Gasteiger partial charge in [-0.15, -0.1) is 0 Å². The van der Waals surface area contributed by atoms with E-state index in [1.165, 1.54) is 6.07 Å². The molecule has 0 aromatic heterocycles. The summed E-state index contributed by atoms with van der Waals surface area (Å²) in [5.41, 5.74) is 1.48. The molecule has 1 nitrogen and oxygen atoms in total. The van der Waals surface area contributed by atoms with E-state index in [2.05, 4.69) is 28.2 Å². The van der Waals surface area contributed by atoms with Crippen LogP contribution in [0.4, 0.5) is 4.39 Å². The van der Waals surface area contributed by atoms with Crippen molar-refractivity contribution in [2.24, 2.45) is 0 Å². The first-order valence-corrected chi connectivity index (χ1v) is 8.21. The summed E-state index contributed by atoms with van der Waals surface area (Å²) in [5, 5.41) is 4.50. The number of rotatable bonds is 5. The van der Waals surface area contributed by atoms with Crippen LogP contribution in [0.2, 0.25) is 10.0 Å². The van der Waals surface area contributed by atoms with Crippen LogP contribution in [0, 0.1) is 5.82 Å². The molecule has 0 saturated carbocycles. The van der Waals surface area contributed by atoms with E-state index in [9.17, 15) is 4.39 Å². The molecule has 0 spiro atoms. The van der Waals surface area contributed by atoms with Gasteiger partial charge in [0.25, 0.3) is 0 Å². The SMILES string of the molecule is CCCNC(c1ccc(Cl)cc1)c1cc(Cl)c(Br)cc1F. The molecule has 112 valence electrons. The Kier molecular flexibility index (Phi) is 6.06. The molecule has 0 fully saturated rings. The summed E-state index contributed by atoms with van der Waals surface area (Å²) in [6.07, 6.45) is 0.954. The van der Waals surface area contributed by atoms with Gasteiger partial charge in [0.2, 0.25) is 0 Å². The first kappa shape index (κ1) is 16.8. The van der Waals surface area contributed by atoms with Crippen molar-refractivity contribution in [3.8, 4) is 0 Å². The molecular weight excluding hydrogens is 376 g/mol. The lowest BCUT2D eigenvalue weighted by atomic mass is 9.98. The number of benzene rings is 2. The highest BCUT2D eigenvalue weighted by Gasteiger charge is 2.19. The van der Waals surface area contributed by atoms with E-state index in [0.717, 1.165) is 18.5 Å². The van der Waals surface area contributed by atoms with Crippen LogP contribution in [-0.4, -0.2) is 6.54 Å². The van der Waals surface area contributed by atoms with Gasteiger partial charge >= 0.3 is 0 Å². The molecule has 0 bridgehead atoms. The van der Waals surface area contributed by atoms with Gasteiger partial charge in [0.15, 0.2) is 0 Å². The smallest absolute Gasteiger partial charge is 0.129 e. The van der Waals surface area contributed by atoms with Gasteiger partial charge in [-0.05, 0) is 58.7 Å². The average molecular weight is 391 g/mol. The monoisotopic (exact) mass is 389 g/mol. The second kappa shape index (κ2) is 7.59. The number of hydrogen-bond donors (Lipinski definition) is 1. The summed E-state index contributed by atoms with van der Waals surface area (Å²) >= 11 is 15.3. The van der Waals surface area contributed by atoms with E-state index < -0.39 is 0 Å². The molecule has 0 aliphatic rings. The molecule has 2 rings (SSSR count). The van der Waals surface area contributed by atoms with Crippen molar-refractivity contribution in [2.45, 2.75) is 19.4 Å². The molecule has 1 N–H and O–H groups in total. The van der Waals surface area contributed by atoms with E-state index in [-0.39, 0.29) is 11.9 Å². The van der Waals surface area contributed by atoms with Gasteiger partial charge in [-0.25, -0.2) is 4.39 Å². The van der Waals surface area contributed by atoms with Gasteiger partial charge in [0.1, 0.15) is 5.82 Å². The van der Waals surface area contributed by atoms with Gasteiger partial charge in [0, 0.05) is 15.1 Å². The Hall–Kier alpha value is -0.610. The summed E-state index contributed by atoms with van der Waals surface area (Å²) in [6, 6.07) is 10.2. The van der Waals surface area contributed by atoms with Crippen molar-refractivity contribution in [2.75, 3.05) is 6.54 Å². The Morgan fingerprint density at radius 1 is 1.19 bits per heavy atom. The third-order valence-corrected chi connectivity index (χ3v) is 4.60. The van der Waals surface area contributed by atoms with E-state index in [0.29, 0.717) is 20.1 Å². The lowest BCUT2D eigenvalue weighted by Gasteiger charge is -2.21. The standard InChI is InChI=1S/C16H15BrCl2FN/c1-2-7-21-16(10-3-5-11(18)6-4-10)12-8-14(19)13(17)9-15(12)20/h3-6,8-9,16,21H,2,7H2,1H3. The first-order chi connectivity index (χ1) is 10.0. The highest BCUT2D eigenvalue weighted by atomic mass is 79.9.